The molecule has 3 nitrogen and oxygen atoms in total. The molecule has 1 aromatic carbocycles. The second-order valence-corrected chi connectivity index (χ2v) is 5.08. The Morgan fingerprint density at radius 1 is 1.38 bits per heavy atom. The molecule has 0 atom stereocenters. The largest absolute Gasteiger partial charge is 0.419 e. The van der Waals surface area contributed by atoms with Crippen LogP contribution >= 0.6 is 22.6 Å². The highest BCUT2D eigenvalue weighted by atomic mass is 127. The summed E-state index contributed by atoms with van der Waals surface area (Å²) in [5, 5.41) is 0. The zero-order chi connectivity index (χ0) is 11.5. The summed E-state index contributed by atoms with van der Waals surface area (Å²) in [7, 11) is 0. The average molecular weight is 331 g/mol. The molecular formula is C12H14INO2. The van der Waals surface area contributed by atoms with Gasteiger partial charge in [0.1, 0.15) is 0 Å². The Balaban J connectivity index is 2.36. The molecule has 1 aromatic heterocycles. The van der Waals surface area contributed by atoms with Gasteiger partial charge >= 0.3 is 5.76 Å². The van der Waals surface area contributed by atoms with Crippen LogP contribution in [0.1, 0.15) is 26.2 Å². The molecule has 0 spiro atoms. The topological polar surface area (TPSA) is 35.1 Å². The summed E-state index contributed by atoms with van der Waals surface area (Å²) in [6.45, 7) is 2.90. The lowest BCUT2D eigenvalue weighted by molar-refractivity contribution is 0.491. The molecule has 0 aliphatic rings. The van der Waals surface area contributed by atoms with E-state index in [1.54, 1.807) is 4.57 Å². The molecular weight excluding hydrogens is 317 g/mol. The van der Waals surface area contributed by atoms with E-state index in [2.05, 4.69) is 29.5 Å². The van der Waals surface area contributed by atoms with E-state index in [0.29, 0.717) is 5.58 Å². The maximum absolute atomic E-state index is 11.6. The highest BCUT2D eigenvalue weighted by Gasteiger charge is 2.08. The van der Waals surface area contributed by atoms with Gasteiger partial charge in [-0.25, -0.2) is 4.79 Å². The molecule has 16 heavy (non-hydrogen) atoms. The number of nitrogens with zero attached hydrogens (tertiary/aromatic N) is 1. The summed E-state index contributed by atoms with van der Waals surface area (Å²) >= 11 is 2.21. The van der Waals surface area contributed by atoms with Crippen LogP contribution in [0.4, 0.5) is 0 Å². The van der Waals surface area contributed by atoms with E-state index in [9.17, 15) is 4.79 Å². The van der Waals surface area contributed by atoms with Gasteiger partial charge in [-0.3, -0.25) is 4.57 Å². The minimum Gasteiger partial charge on any atom is -0.408 e. The standard InChI is InChI=1S/C12H14INO2/c1-2-3-4-7-14-10-6-5-9(13)8-11(10)16-12(14)15/h5-6,8H,2-4,7H2,1H3. The van der Waals surface area contributed by atoms with Gasteiger partial charge in [-0.2, -0.15) is 0 Å². The number of hydrogen-bond donors (Lipinski definition) is 0. The van der Waals surface area contributed by atoms with Gasteiger partial charge in [0.2, 0.25) is 0 Å². The second-order valence-electron chi connectivity index (χ2n) is 3.84. The van der Waals surface area contributed by atoms with E-state index < -0.39 is 0 Å². The highest BCUT2D eigenvalue weighted by molar-refractivity contribution is 14.1. The molecule has 0 N–H and O–H groups in total. The van der Waals surface area contributed by atoms with Crippen LogP contribution < -0.4 is 5.76 Å². The first-order chi connectivity index (χ1) is 7.72. The molecule has 0 unspecified atom stereocenters. The van der Waals surface area contributed by atoms with Gasteiger partial charge in [0.25, 0.3) is 0 Å². The lowest BCUT2D eigenvalue weighted by atomic mass is 10.2. The monoisotopic (exact) mass is 331 g/mol. The maximum atomic E-state index is 11.6. The SMILES string of the molecule is CCCCCn1c(=O)oc2cc(I)ccc21. The Morgan fingerprint density at radius 2 is 2.19 bits per heavy atom. The summed E-state index contributed by atoms with van der Waals surface area (Å²) < 4.78 is 8.02. The fourth-order valence-electron chi connectivity index (χ4n) is 1.77. The number of oxazole rings is 1. The molecule has 0 saturated heterocycles. The molecule has 0 aliphatic carbocycles. The Bertz CT molecular complexity index is 541. The van der Waals surface area contributed by atoms with Gasteiger partial charge in [-0.05, 0) is 47.2 Å². The van der Waals surface area contributed by atoms with Crippen LogP contribution in [-0.2, 0) is 6.54 Å². The number of aromatic nitrogens is 1. The van der Waals surface area contributed by atoms with Crippen molar-refractivity contribution in [3.05, 3.63) is 32.3 Å². The number of benzene rings is 1. The molecule has 0 fully saturated rings. The van der Waals surface area contributed by atoms with Crippen LogP contribution in [0.3, 0.4) is 0 Å². The second kappa shape index (κ2) is 5.03. The Hall–Kier alpha value is -0.780. The summed E-state index contributed by atoms with van der Waals surface area (Å²) in [6, 6.07) is 5.84. The first-order valence-corrected chi connectivity index (χ1v) is 6.59. The van der Waals surface area contributed by atoms with Crippen molar-refractivity contribution in [1.29, 1.82) is 0 Å². The summed E-state index contributed by atoms with van der Waals surface area (Å²) in [6.07, 6.45) is 3.32. The minimum atomic E-state index is -0.242. The number of halogens is 1. The van der Waals surface area contributed by atoms with Crippen molar-refractivity contribution in [2.45, 2.75) is 32.7 Å². The van der Waals surface area contributed by atoms with Gasteiger partial charge in [0, 0.05) is 10.1 Å². The Kier molecular flexibility index (Phi) is 3.68. The summed E-state index contributed by atoms with van der Waals surface area (Å²) in [4.78, 5) is 11.6. The number of hydrogen-bond acceptors (Lipinski definition) is 2. The number of aryl methyl sites for hydroxylation is 1. The molecule has 0 saturated carbocycles. The van der Waals surface area contributed by atoms with Gasteiger partial charge in [-0.1, -0.05) is 19.8 Å². The van der Waals surface area contributed by atoms with Crippen LogP contribution in [0.15, 0.2) is 27.4 Å². The average Bonchev–Trinajstić information content (AvgIpc) is 2.55. The van der Waals surface area contributed by atoms with Gasteiger partial charge in [0.15, 0.2) is 5.58 Å². The molecule has 2 aromatic rings. The summed E-state index contributed by atoms with van der Waals surface area (Å²) in [5.41, 5.74) is 1.59. The third-order valence-corrected chi connectivity index (χ3v) is 3.29. The van der Waals surface area contributed by atoms with Crippen LogP contribution in [0.25, 0.3) is 11.1 Å². The third-order valence-electron chi connectivity index (χ3n) is 2.62. The molecule has 1 heterocycles. The van der Waals surface area contributed by atoms with Crippen molar-refractivity contribution in [1.82, 2.24) is 4.57 Å². The number of unbranched alkanes of at least 4 members (excludes halogenated alkanes) is 2. The maximum Gasteiger partial charge on any atom is 0.419 e. The van der Waals surface area contributed by atoms with Crippen molar-refractivity contribution >= 4 is 33.7 Å². The van der Waals surface area contributed by atoms with Crippen molar-refractivity contribution < 1.29 is 4.42 Å². The van der Waals surface area contributed by atoms with Crippen LogP contribution in [0.5, 0.6) is 0 Å². The summed E-state index contributed by atoms with van der Waals surface area (Å²) in [5.74, 6) is -0.242. The highest BCUT2D eigenvalue weighted by Crippen LogP contribution is 2.16. The fourth-order valence-corrected chi connectivity index (χ4v) is 2.23. The van der Waals surface area contributed by atoms with E-state index in [4.69, 9.17) is 4.42 Å². The van der Waals surface area contributed by atoms with Gasteiger partial charge < -0.3 is 4.42 Å². The van der Waals surface area contributed by atoms with Crippen molar-refractivity contribution in [2.24, 2.45) is 0 Å². The molecule has 0 aliphatic heterocycles. The fraction of sp³-hybridized carbons (Fsp3) is 0.417. The van der Waals surface area contributed by atoms with Crippen LogP contribution in [0.2, 0.25) is 0 Å². The number of fused-ring (bicyclic) bond motifs is 1. The smallest absolute Gasteiger partial charge is 0.408 e. The van der Waals surface area contributed by atoms with Crippen LogP contribution in [0, 0.1) is 3.57 Å². The van der Waals surface area contributed by atoms with Crippen molar-refractivity contribution in [3.8, 4) is 0 Å². The molecule has 0 radical (unpaired) electrons. The first kappa shape index (κ1) is 11.7. The van der Waals surface area contributed by atoms with E-state index in [1.807, 2.05) is 18.2 Å². The Morgan fingerprint density at radius 3 is 2.94 bits per heavy atom. The van der Waals surface area contributed by atoms with Crippen molar-refractivity contribution in [2.75, 3.05) is 0 Å². The zero-order valence-corrected chi connectivity index (χ0v) is 11.4. The van der Waals surface area contributed by atoms with Gasteiger partial charge in [0.05, 0.1) is 5.52 Å². The van der Waals surface area contributed by atoms with E-state index in [0.717, 1.165) is 34.9 Å². The van der Waals surface area contributed by atoms with E-state index >= 15 is 0 Å². The predicted molar refractivity (Wildman–Crippen MR) is 72.7 cm³/mol. The van der Waals surface area contributed by atoms with Gasteiger partial charge in [-0.15, -0.1) is 0 Å². The van der Waals surface area contributed by atoms with Crippen molar-refractivity contribution in [3.63, 3.8) is 0 Å². The zero-order valence-electron chi connectivity index (χ0n) is 9.20. The third kappa shape index (κ3) is 2.31. The molecule has 86 valence electrons. The minimum absolute atomic E-state index is 0.242. The molecule has 4 heteroatoms. The lowest BCUT2D eigenvalue weighted by Crippen LogP contribution is -2.13. The Labute approximate surface area is 108 Å². The molecule has 2 rings (SSSR count). The lowest BCUT2D eigenvalue weighted by Gasteiger charge is -2.00. The molecule has 0 bridgehead atoms. The quantitative estimate of drug-likeness (QED) is 0.636. The van der Waals surface area contributed by atoms with E-state index in [1.165, 1.54) is 0 Å². The normalized spacial score (nSPS) is 11.1. The number of rotatable bonds is 4. The molecule has 0 amide bonds. The van der Waals surface area contributed by atoms with E-state index in [-0.39, 0.29) is 5.76 Å². The first-order valence-electron chi connectivity index (χ1n) is 5.51. The van der Waals surface area contributed by atoms with Crippen LogP contribution in [-0.4, -0.2) is 4.57 Å². The predicted octanol–water partition coefficient (Wildman–Crippen LogP) is 3.39.